The Morgan fingerprint density at radius 2 is 1.83 bits per heavy atom. The van der Waals surface area contributed by atoms with Crippen LogP contribution in [0.1, 0.15) is 26.3 Å². The zero-order valence-corrected chi connectivity index (χ0v) is 8.09. The molecule has 2 nitrogen and oxygen atoms in total. The first-order chi connectivity index (χ1) is 5.88. The molecule has 1 rings (SSSR count). The second kappa shape index (κ2) is 6.68. The molecule has 1 aromatic carbocycles. The van der Waals surface area contributed by atoms with Crippen molar-refractivity contribution < 1.29 is 0 Å². The van der Waals surface area contributed by atoms with Crippen molar-refractivity contribution in [3.63, 3.8) is 0 Å². The summed E-state index contributed by atoms with van der Waals surface area (Å²) in [4.78, 5) is 0. The maximum atomic E-state index is 5.28. The summed E-state index contributed by atoms with van der Waals surface area (Å²) >= 11 is 0. The molecule has 0 aliphatic rings. The average molecular weight is 166 g/mol. The lowest BCUT2D eigenvalue weighted by atomic mass is 10.1. The molecule has 0 saturated carbocycles. The van der Waals surface area contributed by atoms with Crippen LogP contribution in [0.15, 0.2) is 24.3 Å². The summed E-state index contributed by atoms with van der Waals surface area (Å²) in [7, 11) is 0. The van der Waals surface area contributed by atoms with Gasteiger partial charge in [-0.15, -0.1) is 0 Å². The number of anilines is 1. The van der Waals surface area contributed by atoms with E-state index in [1.165, 1.54) is 5.56 Å². The molecule has 0 aliphatic carbocycles. The van der Waals surface area contributed by atoms with Gasteiger partial charge in [0.1, 0.15) is 0 Å². The van der Waals surface area contributed by atoms with Crippen LogP contribution in [-0.4, -0.2) is 0 Å². The molecule has 2 heteroatoms. The third-order valence-corrected chi connectivity index (χ3v) is 1.55. The molecule has 68 valence electrons. The summed E-state index contributed by atoms with van der Waals surface area (Å²) in [6.07, 6.45) is 1.01. The molecule has 0 unspecified atom stereocenters. The molecule has 3 N–H and O–H groups in total. The van der Waals surface area contributed by atoms with Crippen molar-refractivity contribution in [1.29, 1.82) is 0 Å². The Bertz CT molecular complexity index is 186. The largest absolute Gasteiger partial charge is 0.324 e. The number of hydrogen-bond acceptors (Lipinski definition) is 2. The van der Waals surface area contributed by atoms with E-state index in [1.807, 2.05) is 32.0 Å². The van der Waals surface area contributed by atoms with Crippen LogP contribution < -0.4 is 11.3 Å². The fourth-order valence-electron chi connectivity index (χ4n) is 0.969. The quantitative estimate of drug-likeness (QED) is 0.523. The molecule has 0 radical (unpaired) electrons. The number of hydrogen-bond donors (Lipinski definition) is 2. The third kappa shape index (κ3) is 2.93. The Labute approximate surface area is 74.8 Å². The lowest BCUT2D eigenvalue weighted by Gasteiger charge is -2.04. The van der Waals surface area contributed by atoms with Crippen LogP contribution in [0, 0.1) is 0 Å². The first kappa shape index (κ1) is 11.0. The van der Waals surface area contributed by atoms with E-state index >= 15 is 0 Å². The summed E-state index contributed by atoms with van der Waals surface area (Å²) in [5, 5.41) is 0. The van der Waals surface area contributed by atoms with Gasteiger partial charge in [0.2, 0.25) is 0 Å². The molecule has 0 amide bonds. The molecule has 0 spiro atoms. The van der Waals surface area contributed by atoms with Crippen molar-refractivity contribution >= 4 is 5.69 Å². The Morgan fingerprint density at radius 3 is 2.25 bits per heavy atom. The molecule has 0 saturated heterocycles. The van der Waals surface area contributed by atoms with Gasteiger partial charge in [0.25, 0.3) is 0 Å². The van der Waals surface area contributed by atoms with Crippen molar-refractivity contribution in [3.8, 4) is 0 Å². The summed E-state index contributed by atoms with van der Waals surface area (Å²) in [6, 6.07) is 8.02. The van der Waals surface area contributed by atoms with Crippen molar-refractivity contribution in [2.45, 2.75) is 27.2 Å². The van der Waals surface area contributed by atoms with Crippen LogP contribution in [0.25, 0.3) is 0 Å². The van der Waals surface area contributed by atoms with E-state index in [0.717, 1.165) is 12.1 Å². The Morgan fingerprint density at radius 1 is 1.25 bits per heavy atom. The number of rotatable bonds is 2. The number of nitrogens with one attached hydrogen (secondary N) is 1. The van der Waals surface area contributed by atoms with Crippen LogP contribution in [0.3, 0.4) is 0 Å². The first-order valence-corrected chi connectivity index (χ1v) is 4.43. The van der Waals surface area contributed by atoms with Gasteiger partial charge in [-0.3, -0.25) is 5.84 Å². The van der Waals surface area contributed by atoms with E-state index in [9.17, 15) is 0 Å². The molecule has 0 aromatic heterocycles. The lowest BCUT2D eigenvalue weighted by molar-refractivity contribution is 1.13. The molecule has 0 aliphatic heterocycles. The minimum Gasteiger partial charge on any atom is -0.324 e. The summed E-state index contributed by atoms with van der Waals surface area (Å²) < 4.78 is 0. The van der Waals surface area contributed by atoms with Crippen LogP contribution in [-0.2, 0) is 6.42 Å². The van der Waals surface area contributed by atoms with E-state index in [0.29, 0.717) is 0 Å². The summed E-state index contributed by atoms with van der Waals surface area (Å²) in [5.41, 5.74) is 4.92. The van der Waals surface area contributed by atoms with Crippen LogP contribution in [0.4, 0.5) is 5.69 Å². The highest BCUT2D eigenvalue weighted by Gasteiger charge is 1.93. The van der Waals surface area contributed by atoms with Crippen molar-refractivity contribution in [2.24, 2.45) is 5.84 Å². The average Bonchev–Trinajstić information content (AvgIpc) is 2.20. The molecular weight excluding hydrogens is 148 g/mol. The van der Waals surface area contributed by atoms with Crippen molar-refractivity contribution in [1.82, 2.24) is 0 Å². The number of benzene rings is 1. The van der Waals surface area contributed by atoms with Gasteiger partial charge < -0.3 is 5.43 Å². The minimum absolute atomic E-state index is 1.01. The number of nitrogens with two attached hydrogens (primary N) is 1. The maximum absolute atomic E-state index is 5.28. The second-order valence-electron chi connectivity index (χ2n) is 2.16. The Kier molecular flexibility index (Phi) is 6.11. The molecule has 0 atom stereocenters. The van der Waals surface area contributed by atoms with Gasteiger partial charge >= 0.3 is 0 Å². The van der Waals surface area contributed by atoms with Gasteiger partial charge in [-0.25, -0.2) is 0 Å². The van der Waals surface area contributed by atoms with Crippen molar-refractivity contribution in [3.05, 3.63) is 29.8 Å². The highest BCUT2D eigenvalue weighted by atomic mass is 15.2. The monoisotopic (exact) mass is 166 g/mol. The summed E-state index contributed by atoms with van der Waals surface area (Å²) in [6.45, 7) is 6.11. The zero-order chi connectivity index (χ0) is 9.40. The standard InChI is InChI=1S/C8H12N2.C2H6/c1-2-7-5-3-4-6-8(7)10-9;1-2/h3-6,10H,2,9H2,1H3;1-2H3. The number of hydrazine groups is 1. The lowest BCUT2D eigenvalue weighted by Crippen LogP contribution is -2.08. The van der Waals surface area contributed by atoms with Gasteiger partial charge in [0.15, 0.2) is 0 Å². The number of para-hydroxylation sites is 1. The first-order valence-electron chi connectivity index (χ1n) is 4.43. The molecule has 0 heterocycles. The molecular formula is C10H18N2. The Balaban J connectivity index is 0.000000561. The summed E-state index contributed by atoms with van der Waals surface area (Å²) in [5.74, 6) is 5.28. The molecule has 0 bridgehead atoms. The number of nitrogen functional groups attached to an aromatic ring is 1. The van der Waals surface area contributed by atoms with Gasteiger partial charge in [0, 0.05) is 0 Å². The van der Waals surface area contributed by atoms with Crippen LogP contribution in [0.2, 0.25) is 0 Å². The maximum Gasteiger partial charge on any atom is 0.0516 e. The van der Waals surface area contributed by atoms with E-state index in [2.05, 4.69) is 18.4 Å². The normalized spacial score (nSPS) is 8.33. The smallest absolute Gasteiger partial charge is 0.0516 e. The molecule has 0 fully saturated rings. The van der Waals surface area contributed by atoms with Gasteiger partial charge in [-0.2, -0.15) is 0 Å². The van der Waals surface area contributed by atoms with Gasteiger partial charge in [-0.1, -0.05) is 39.0 Å². The van der Waals surface area contributed by atoms with Gasteiger partial charge in [0.05, 0.1) is 5.69 Å². The third-order valence-electron chi connectivity index (χ3n) is 1.55. The topological polar surface area (TPSA) is 38.0 Å². The second-order valence-corrected chi connectivity index (χ2v) is 2.16. The van der Waals surface area contributed by atoms with E-state index in [4.69, 9.17) is 5.84 Å². The minimum atomic E-state index is 1.01. The highest BCUT2D eigenvalue weighted by molar-refractivity contribution is 5.49. The molecule has 1 aromatic rings. The molecule has 12 heavy (non-hydrogen) atoms. The fraction of sp³-hybridized carbons (Fsp3) is 0.400. The van der Waals surface area contributed by atoms with Crippen LogP contribution in [0.5, 0.6) is 0 Å². The fourth-order valence-corrected chi connectivity index (χ4v) is 0.969. The van der Waals surface area contributed by atoms with E-state index in [1.54, 1.807) is 0 Å². The highest BCUT2D eigenvalue weighted by Crippen LogP contribution is 2.12. The predicted molar refractivity (Wildman–Crippen MR) is 55.0 cm³/mol. The van der Waals surface area contributed by atoms with E-state index in [-0.39, 0.29) is 0 Å². The van der Waals surface area contributed by atoms with E-state index < -0.39 is 0 Å². The SMILES string of the molecule is CC.CCc1ccccc1NN. The zero-order valence-electron chi connectivity index (χ0n) is 8.09. The number of aryl methyl sites for hydroxylation is 1. The van der Waals surface area contributed by atoms with Crippen LogP contribution >= 0.6 is 0 Å². The Hall–Kier alpha value is -1.02. The van der Waals surface area contributed by atoms with Crippen molar-refractivity contribution in [2.75, 3.05) is 5.43 Å². The predicted octanol–water partition coefficient (Wildman–Crippen LogP) is 2.56. The van der Waals surface area contributed by atoms with Gasteiger partial charge in [-0.05, 0) is 18.1 Å².